The lowest BCUT2D eigenvalue weighted by atomic mass is 9.98. The Hall–Kier alpha value is -2.96. The molecule has 0 saturated carbocycles. The molecule has 5 nitrogen and oxygen atoms in total. The molecule has 0 radical (unpaired) electrons. The van der Waals surface area contributed by atoms with Crippen molar-refractivity contribution in [3.8, 4) is 11.5 Å². The van der Waals surface area contributed by atoms with Gasteiger partial charge in [0.15, 0.2) is 5.76 Å². The lowest BCUT2D eigenvalue weighted by Gasteiger charge is -2.29. The molecule has 30 heavy (non-hydrogen) atoms. The fourth-order valence-corrected chi connectivity index (χ4v) is 4.07. The van der Waals surface area contributed by atoms with Gasteiger partial charge >= 0.3 is 0 Å². The quantitative estimate of drug-likeness (QED) is 0.505. The van der Waals surface area contributed by atoms with E-state index >= 15 is 0 Å². The Kier molecular flexibility index (Phi) is 4.89. The summed E-state index contributed by atoms with van der Waals surface area (Å²) in [6.07, 6.45) is 3.58. The minimum absolute atomic E-state index is 0.0879. The maximum atomic E-state index is 13.1. The van der Waals surface area contributed by atoms with E-state index in [1.807, 2.05) is 55.5 Å². The van der Waals surface area contributed by atoms with Crippen LogP contribution in [0.2, 0.25) is 0 Å². The standard InChI is InChI=1S/C24H19BrN2O3/c1-15-10-20-19(13-27(14-29-20)12-18-4-2-3-9-26-18)24-22(15)23(28)21(30-24)11-16-5-7-17(25)8-6-16/h2-11H,12-14H2,1H3/b21-11-. The van der Waals surface area contributed by atoms with Crippen LogP contribution in [-0.4, -0.2) is 22.4 Å². The van der Waals surface area contributed by atoms with Crippen molar-refractivity contribution in [1.82, 2.24) is 9.88 Å². The molecule has 6 heteroatoms. The zero-order chi connectivity index (χ0) is 20.7. The van der Waals surface area contributed by atoms with Gasteiger partial charge in [0.05, 0.1) is 16.8 Å². The van der Waals surface area contributed by atoms with Gasteiger partial charge in [-0.1, -0.05) is 34.1 Å². The SMILES string of the molecule is Cc1cc2c(c3c1C(=O)/C(=C/c1ccc(Br)cc1)O3)CN(Cc1ccccn1)CO2. The van der Waals surface area contributed by atoms with Crippen LogP contribution in [0.25, 0.3) is 6.08 Å². The molecular formula is C24H19BrN2O3. The fourth-order valence-electron chi connectivity index (χ4n) is 3.81. The molecule has 0 saturated heterocycles. The number of allylic oxidation sites excluding steroid dienone is 1. The summed E-state index contributed by atoms with van der Waals surface area (Å²) >= 11 is 3.43. The Morgan fingerprint density at radius 1 is 1.20 bits per heavy atom. The van der Waals surface area contributed by atoms with Crippen LogP contribution in [0, 0.1) is 6.92 Å². The third kappa shape index (κ3) is 3.53. The van der Waals surface area contributed by atoms with Crippen molar-refractivity contribution in [1.29, 1.82) is 0 Å². The molecule has 150 valence electrons. The average molecular weight is 463 g/mol. The monoisotopic (exact) mass is 462 g/mol. The van der Waals surface area contributed by atoms with Gasteiger partial charge in [-0.25, -0.2) is 0 Å². The van der Waals surface area contributed by atoms with E-state index in [9.17, 15) is 4.79 Å². The van der Waals surface area contributed by atoms with E-state index in [4.69, 9.17) is 9.47 Å². The number of carbonyl (C=O) groups excluding carboxylic acids is 1. The highest BCUT2D eigenvalue weighted by Crippen LogP contribution is 2.44. The van der Waals surface area contributed by atoms with Gasteiger partial charge in [-0.2, -0.15) is 0 Å². The summed E-state index contributed by atoms with van der Waals surface area (Å²) in [5.41, 5.74) is 4.28. The van der Waals surface area contributed by atoms with Crippen molar-refractivity contribution >= 4 is 27.8 Å². The summed E-state index contributed by atoms with van der Waals surface area (Å²) in [6, 6.07) is 15.6. The number of nitrogens with zero attached hydrogens (tertiary/aromatic N) is 2. The molecule has 3 aromatic rings. The molecule has 0 spiro atoms. The zero-order valence-electron chi connectivity index (χ0n) is 16.4. The first-order valence-corrected chi connectivity index (χ1v) is 10.5. The smallest absolute Gasteiger partial charge is 0.232 e. The third-order valence-electron chi connectivity index (χ3n) is 5.27. The molecule has 2 aliphatic rings. The highest BCUT2D eigenvalue weighted by atomic mass is 79.9. The van der Waals surface area contributed by atoms with Gasteiger partial charge in [0.1, 0.15) is 18.2 Å². The number of pyridine rings is 1. The van der Waals surface area contributed by atoms with E-state index in [-0.39, 0.29) is 5.78 Å². The number of rotatable bonds is 3. The summed E-state index contributed by atoms with van der Waals surface area (Å²) in [7, 11) is 0. The van der Waals surface area contributed by atoms with Crippen LogP contribution in [0.1, 0.15) is 32.7 Å². The Balaban J connectivity index is 1.47. The Morgan fingerprint density at radius 3 is 2.80 bits per heavy atom. The van der Waals surface area contributed by atoms with Crippen molar-refractivity contribution < 1.29 is 14.3 Å². The second-order valence-corrected chi connectivity index (χ2v) is 8.36. The number of benzene rings is 2. The lowest BCUT2D eigenvalue weighted by molar-refractivity contribution is 0.0861. The predicted octanol–water partition coefficient (Wildman–Crippen LogP) is 5.12. The normalized spacial score (nSPS) is 16.7. The van der Waals surface area contributed by atoms with Crippen molar-refractivity contribution in [2.24, 2.45) is 0 Å². The third-order valence-corrected chi connectivity index (χ3v) is 5.80. The maximum absolute atomic E-state index is 13.1. The zero-order valence-corrected chi connectivity index (χ0v) is 18.0. The highest BCUT2D eigenvalue weighted by Gasteiger charge is 2.35. The van der Waals surface area contributed by atoms with E-state index in [0.717, 1.165) is 32.6 Å². The van der Waals surface area contributed by atoms with E-state index in [1.54, 1.807) is 12.3 Å². The van der Waals surface area contributed by atoms with Gasteiger partial charge < -0.3 is 9.47 Å². The molecule has 0 atom stereocenters. The average Bonchev–Trinajstić information content (AvgIpc) is 3.08. The van der Waals surface area contributed by atoms with Crippen LogP contribution < -0.4 is 9.47 Å². The molecule has 0 bridgehead atoms. The summed E-state index contributed by atoms with van der Waals surface area (Å²) in [4.78, 5) is 19.6. The highest BCUT2D eigenvalue weighted by molar-refractivity contribution is 9.10. The molecule has 0 amide bonds. The van der Waals surface area contributed by atoms with Gasteiger partial charge in [-0.3, -0.25) is 14.7 Å². The van der Waals surface area contributed by atoms with Crippen LogP contribution in [0.15, 0.2) is 65.0 Å². The summed E-state index contributed by atoms with van der Waals surface area (Å²) in [5.74, 6) is 1.64. The van der Waals surface area contributed by atoms with Crippen molar-refractivity contribution in [2.75, 3.05) is 6.73 Å². The van der Waals surface area contributed by atoms with Crippen molar-refractivity contribution in [3.63, 3.8) is 0 Å². The fraction of sp³-hybridized carbons (Fsp3) is 0.167. The number of Topliss-reactive ketones (excluding diaryl/α,β-unsaturated/α-hetero) is 1. The van der Waals surface area contributed by atoms with Crippen LogP contribution >= 0.6 is 15.9 Å². The minimum Gasteiger partial charge on any atom is -0.478 e. The summed E-state index contributed by atoms with van der Waals surface area (Å²) < 4.78 is 13.1. The van der Waals surface area contributed by atoms with Crippen molar-refractivity contribution in [2.45, 2.75) is 20.0 Å². The number of aryl methyl sites for hydroxylation is 1. The van der Waals surface area contributed by atoms with Crippen LogP contribution in [-0.2, 0) is 13.1 Å². The number of fused-ring (bicyclic) bond motifs is 3. The first kappa shape index (κ1) is 19.0. The number of ether oxygens (including phenoxy) is 2. The largest absolute Gasteiger partial charge is 0.478 e. The molecule has 5 rings (SSSR count). The maximum Gasteiger partial charge on any atom is 0.232 e. The Morgan fingerprint density at radius 2 is 2.03 bits per heavy atom. The van der Waals surface area contributed by atoms with E-state index in [2.05, 4.69) is 25.8 Å². The number of ketones is 1. The number of hydrogen-bond acceptors (Lipinski definition) is 5. The topological polar surface area (TPSA) is 51.7 Å². The second-order valence-electron chi connectivity index (χ2n) is 7.45. The molecule has 0 aliphatic carbocycles. The minimum atomic E-state index is -0.0879. The van der Waals surface area contributed by atoms with Crippen molar-refractivity contribution in [3.05, 3.63) is 92.9 Å². The van der Waals surface area contributed by atoms with Gasteiger partial charge in [0.2, 0.25) is 5.78 Å². The first-order valence-electron chi connectivity index (χ1n) is 9.70. The molecule has 3 heterocycles. The number of carbonyl (C=O) groups is 1. The van der Waals surface area contributed by atoms with E-state index in [1.165, 1.54) is 0 Å². The molecule has 2 aromatic carbocycles. The second kappa shape index (κ2) is 7.70. The van der Waals surface area contributed by atoms with Gasteiger partial charge in [0.25, 0.3) is 0 Å². The first-order chi connectivity index (χ1) is 14.6. The van der Waals surface area contributed by atoms with Crippen LogP contribution in [0.5, 0.6) is 11.5 Å². The summed E-state index contributed by atoms with van der Waals surface area (Å²) in [5, 5.41) is 0. The number of halogens is 1. The van der Waals surface area contributed by atoms with E-state index < -0.39 is 0 Å². The molecule has 0 unspecified atom stereocenters. The van der Waals surface area contributed by atoms with Gasteiger partial charge in [0, 0.05) is 23.8 Å². The number of aromatic nitrogens is 1. The Bertz CT molecular complexity index is 1160. The molecular weight excluding hydrogens is 444 g/mol. The molecule has 1 aromatic heterocycles. The predicted molar refractivity (Wildman–Crippen MR) is 117 cm³/mol. The molecule has 2 aliphatic heterocycles. The van der Waals surface area contributed by atoms with E-state index in [0.29, 0.717) is 36.9 Å². The number of hydrogen-bond donors (Lipinski definition) is 0. The molecule has 0 N–H and O–H groups in total. The Labute approximate surface area is 183 Å². The summed E-state index contributed by atoms with van der Waals surface area (Å²) in [6.45, 7) is 3.69. The molecule has 0 fully saturated rings. The van der Waals surface area contributed by atoms with Crippen LogP contribution in [0.3, 0.4) is 0 Å². The van der Waals surface area contributed by atoms with Crippen LogP contribution in [0.4, 0.5) is 0 Å². The van der Waals surface area contributed by atoms with Gasteiger partial charge in [-0.05, 0) is 54.5 Å². The lowest BCUT2D eigenvalue weighted by Crippen LogP contribution is -2.32. The van der Waals surface area contributed by atoms with Gasteiger partial charge in [-0.15, -0.1) is 0 Å².